The first-order valence-corrected chi connectivity index (χ1v) is 11.2. The summed E-state index contributed by atoms with van der Waals surface area (Å²) in [6.07, 6.45) is 3.47. The van der Waals surface area contributed by atoms with Crippen LogP contribution in [0.3, 0.4) is 0 Å². The minimum absolute atomic E-state index is 0.0969. The highest BCUT2D eigenvalue weighted by Gasteiger charge is 2.41. The van der Waals surface area contributed by atoms with Gasteiger partial charge < -0.3 is 14.9 Å². The Balaban J connectivity index is 1.75. The van der Waals surface area contributed by atoms with Crippen LogP contribution in [0.25, 0.3) is 0 Å². The molecule has 2 aliphatic heterocycles. The van der Waals surface area contributed by atoms with E-state index in [9.17, 15) is 14.7 Å². The van der Waals surface area contributed by atoms with E-state index in [0.717, 1.165) is 37.4 Å². The zero-order chi connectivity index (χ0) is 21.9. The van der Waals surface area contributed by atoms with Crippen LogP contribution in [0.5, 0.6) is 0 Å². The maximum absolute atomic E-state index is 13.6. The fourth-order valence-corrected chi connectivity index (χ4v) is 5.09. The van der Waals surface area contributed by atoms with Crippen molar-refractivity contribution in [2.75, 3.05) is 33.2 Å². The van der Waals surface area contributed by atoms with Gasteiger partial charge in [0, 0.05) is 18.6 Å². The number of likely N-dealkylation sites (tertiary alicyclic amines) is 2. The fourth-order valence-electron chi connectivity index (χ4n) is 5.09. The van der Waals surface area contributed by atoms with Crippen LogP contribution in [0.1, 0.15) is 58.1 Å². The average Bonchev–Trinajstić information content (AvgIpc) is 2.71. The van der Waals surface area contributed by atoms with Gasteiger partial charge >= 0.3 is 6.09 Å². The van der Waals surface area contributed by atoms with E-state index in [1.165, 1.54) is 30.8 Å². The predicted octanol–water partition coefficient (Wildman–Crippen LogP) is 4.09. The number of benzene rings is 1. The highest BCUT2D eigenvalue weighted by atomic mass is 16.4. The van der Waals surface area contributed by atoms with Crippen LogP contribution in [0.4, 0.5) is 4.79 Å². The highest BCUT2D eigenvalue weighted by Crippen LogP contribution is 2.35. The van der Waals surface area contributed by atoms with E-state index in [1.54, 1.807) is 0 Å². The zero-order valence-electron chi connectivity index (χ0n) is 18.9. The van der Waals surface area contributed by atoms with Crippen LogP contribution in [-0.4, -0.2) is 70.6 Å². The molecule has 0 radical (unpaired) electrons. The number of nitrogens with zero attached hydrogens (tertiary/aromatic N) is 3. The lowest BCUT2D eigenvalue weighted by Gasteiger charge is -2.43. The summed E-state index contributed by atoms with van der Waals surface area (Å²) in [5.74, 6) is 1.34. The molecule has 1 aromatic carbocycles. The average molecular weight is 416 g/mol. The van der Waals surface area contributed by atoms with Crippen molar-refractivity contribution in [2.45, 2.75) is 58.0 Å². The molecule has 0 spiro atoms. The normalized spacial score (nSPS) is 20.7. The van der Waals surface area contributed by atoms with Crippen LogP contribution < -0.4 is 0 Å². The Hall–Kier alpha value is -2.08. The van der Waals surface area contributed by atoms with Gasteiger partial charge in [0.15, 0.2) is 0 Å². The quantitative estimate of drug-likeness (QED) is 0.805. The molecule has 3 rings (SSSR count). The number of rotatable bonds is 4. The second-order valence-corrected chi connectivity index (χ2v) is 9.94. The topological polar surface area (TPSA) is 64.1 Å². The Morgan fingerprint density at radius 1 is 0.967 bits per heavy atom. The molecule has 0 saturated carbocycles. The number of piperidine rings is 2. The molecular weight excluding hydrogens is 378 g/mol. The smallest absolute Gasteiger partial charge is 0.408 e. The lowest BCUT2D eigenvalue weighted by molar-refractivity contribution is -0.140. The molecule has 2 aliphatic rings. The fraction of sp³-hybridized carbons (Fsp3) is 0.667. The third-order valence-corrected chi connectivity index (χ3v) is 6.82. The lowest BCUT2D eigenvalue weighted by Crippen LogP contribution is -2.54. The molecule has 2 fully saturated rings. The van der Waals surface area contributed by atoms with E-state index in [2.05, 4.69) is 11.9 Å². The molecule has 2 saturated heterocycles. The summed E-state index contributed by atoms with van der Waals surface area (Å²) in [4.78, 5) is 31.4. The van der Waals surface area contributed by atoms with E-state index < -0.39 is 17.7 Å². The second kappa shape index (κ2) is 9.38. The Kier molecular flexibility index (Phi) is 7.06. The molecule has 1 N–H and O–H groups in total. The maximum Gasteiger partial charge on any atom is 0.408 e. The van der Waals surface area contributed by atoms with Crippen molar-refractivity contribution >= 4 is 12.0 Å². The molecule has 1 aromatic rings. The van der Waals surface area contributed by atoms with E-state index in [0.29, 0.717) is 5.92 Å². The monoisotopic (exact) mass is 415 g/mol. The van der Waals surface area contributed by atoms with Crippen LogP contribution in [0, 0.1) is 11.8 Å². The molecule has 2 amide bonds. The van der Waals surface area contributed by atoms with Crippen molar-refractivity contribution in [1.29, 1.82) is 0 Å². The number of carboxylic acid groups (broad SMARTS) is 1. The Labute approximate surface area is 180 Å². The molecule has 0 unspecified atom stereocenters. The highest BCUT2D eigenvalue weighted by molar-refractivity contribution is 5.87. The minimum atomic E-state index is -1.06. The predicted molar refractivity (Wildman–Crippen MR) is 118 cm³/mol. The second-order valence-electron chi connectivity index (χ2n) is 9.94. The van der Waals surface area contributed by atoms with Crippen molar-refractivity contribution in [1.82, 2.24) is 14.7 Å². The summed E-state index contributed by atoms with van der Waals surface area (Å²) in [6.45, 7) is 9.30. The molecule has 6 heteroatoms. The van der Waals surface area contributed by atoms with Gasteiger partial charge in [-0.1, -0.05) is 30.3 Å². The van der Waals surface area contributed by atoms with Gasteiger partial charge in [-0.2, -0.15) is 0 Å². The Bertz CT molecular complexity index is 715. The van der Waals surface area contributed by atoms with Gasteiger partial charge in [0.05, 0.1) is 0 Å². The summed E-state index contributed by atoms with van der Waals surface area (Å²) in [5.41, 5.74) is 0.0475. The molecule has 6 nitrogen and oxygen atoms in total. The standard InChI is InChI=1S/C24H37N3O3/c1-24(2,3)27(23(29)30)21(20-8-6-5-7-9-20)22(28)26-16-12-19(13-17-26)18-10-14-25(4)15-11-18/h5-9,18-19,21H,10-17H2,1-4H3,(H,29,30)/t21-/m1/s1. The van der Waals surface area contributed by atoms with Gasteiger partial charge in [0.25, 0.3) is 0 Å². The van der Waals surface area contributed by atoms with Gasteiger partial charge in [0.1, 0.15) is 6.04 Å². The van der Waals surface area contributed by atoms with Crippen LogP contribution >= 0.6 is 0 Å². The first kappa shape index (κ1) is 22.6. The molecule has 2 heterocycles. The van der Waals surface area contributed by atoms with Crippen molar-refractivity contribution < 1.29 is 14.7 Å². The van der Waals surface area contributed by atoms with Gasteiger partial charge in [-0.25, -0.2) is 4.79 Å². The number of amides is 2. The van der Waals surface area contributed by atoms with Gasteiger partial charge in [-0.15, -0.1) is 0 Å². The van der Waals surface area contributed by atoms with Crippen molar-refractivity contribution in [3.8, 4) is 0 Å². The largest absolute Gasteiger partial charge is 0.465 e. The Morgan fingerprint density at radius 2 is 1.47 bits per heavy atom. The summed E-state index contributed by atoms with van der Waals surface area (Å²) < 4.78 is 0. The summed E-state index contributed by atoms with van der Waals surface area (Å²) >= 11 is 0. The SMILES string of the molecule is CN1CCC(C2CCN(C(=O)[C@@H](c3ccccc3)N(C(=O)O)C(C)(C)C)CC2)CC1. The van der Waals surface area contributed by atoms with Crippen molar-refractivity contribution in [3.63, 3.8) is 0 Å². The maximum atomic E-state index is 13.6. The van der Waals surface area contributed by atoms with Gasteiger partial charge in [-0.05, 0) is 84.0 Å². The number of carbonyl (C=O) groups is 2. The Morgan fingerprint density at radius 3 is 1.93 bits per heavy atom. The summed E-state index contributed by atoms with van der Waals surface area (Å²) in [6, 6.07) is 8.52. The number of carbonyl (C=O) groups excluding carboxylic acids is 1. The van der Waals surface area contributed by atoms with Crippen LogP contribution in [0.2, 0.25) is 0 Å². The molecule has 0 bridgehead atoms. The van der Waals surface area contributed by atoms with Gasteiger partial charge in [-0.3, -0.25) is 9.69 Å². The number of hydrogen-bond acceptors (Lipinski definition) is 3. The third-order valence-electron chi connectivity index (χ3n) is 6.82. The number of hydrogen-bond donors (Lipinski definition) is 1. The molecule has 0 aliphatic carbocycles. The van der Waals surface area contributed by atoms with E-state index in [-0.39, 0.29) is 5.91 Å². The van der Waals surface area contributed by atoms with Crippen LogP contribution in [-0.2, 0) is 4.79 Å². The van der Waals surface area contributed by atoms with Crippen molar-refractivity contribution in [2.24, 2.45) is 11.8 Å². The third kappa shape index (κ3) is 5.15. The molecule has 1 atom stereocenters. The first-order chi connectivity index (χ1) is 14.2. The molecule has 0 aromatic heterocycles. The van der Waals surface area contributed by atoms with Crippen molar-refractivity contribution in [3.05, 3.63) is 35.9 Å². The molecule has 166 valence electrons. The summed E-state index contributed by atoms with van der Waals surface area (Å²) in [5, 5.41) is 9.97. The first-order valence-electron chi connectivity index (χ1n) is 11.2. The van der Waals surface area contributed by atoms with E-state index in [1.807, 2.05) is 56.0 Å². The van der Waals surface area contributed by atoms with Crippen LogP contribution in [0.15, 0.2) is 30.3 Å². The van der Waals surface area contributed by atoms with E-state index in [4.69, 9.17) is 0 Å². The zero-order valence-corrected chi connectivity index (χ0v) is 18.9. The molecule has 30 heavy (non-hydrogen) atoms. The van der Waals surface area contributed by atoms with Gasteiger partial charge in [0.2, 0.25) is 5.91 Å². The summed E-state index contributed by atoms with van der Waals surface area (Å²) in [7, 11) is 2.19. The molecular formula is C24H37N3O3. The lowest BCUT2D eigenvalue weighted by atomic mass is 9.78. The van der Waals surface area contributed by atoms with E-state index >= 15 is 0 Å². The minimum Gasteiger partial charge on any atom is -0.465 e.